The lowest BCUT2D eigenvalue weighted by Crippen LogP contribution is -2.38. The molecule has 0 saturated heterocycles. The van der Waals surface area contributed by atoms with E-state index >= 15 is 0 Å². The molecule has 166 valence electrons. The van der Waals surface area contributed by atoms with Crippen molar-refractivity contribution in [2.24, 2.45) is 0 Å². The summed E-state index contributed by atoms with van der Waals surface area (Å²) in [5, 5.41) is 7.78. The molecule has 8 nitrogen and oxygen atoms in total. The first-order valence-electron chi connectivity index (χ1n) is 9.87. The third kappa shape index (κ3) is 6.85. The average molecular weight is 453 g/mol. The van der Waals surface area contributed by atoms with Gasteiger partial charge in [0, 0.05) is 17.9 Å². The summed E-state index contributed by atoms with van der Waals surface area (Å²) < 4.78 is 27.4. The molecule has 4 N–H and O–H groups in total. The van der Waals surface area contributed by atoms with Gasteiger partial charge in [0.2, 0.25) is 5.91 Å². The van der Waals surface area contributed by atoms with E-state index in [2.05, 4.69) is 20.7 Å². The van der Waals surface area contributed by atoms with Crippen molar-refractivity contribution >= 4 is 33.3 Å². The molecular formula is C23H24N4O4S. The highest BCUT2D eigenvalue weighted by Crippen LogP contribution is 2.18. The number of carbonyl (C=O) groups excluding carboxylic acids is 2. The number of hydrogen-bond donors (Lipinski definition) is 4. The zero-order valence-corrected chi connectivity index (χ0v) is 18.3. The highest BCUT2D eigenvalue weighted by atomic mass is 32.2. The second-order valence-corrected chi connectivity index (χ2v) is 8.75. The van der Waals surface area contributed by atoms with Gasteiger partial charge in [-0.3, -0.25) is 9.52 Å². The van der Waals surface area contributed by atoms with E-state index in [1.165, 1.54) is 24.3 Å². The predicted octanol–water partition coefficient (Wildman–Crippen LogP) is 3.23. The van der Waals surface area contributed by atoms with Crippen LogP contribution in [0.3, 0.4) is 0 Å². The second-order valence-electron chi connectivity index (χ2n) is 7.07. The van der Waals surface area contributed by atoms with Crippen LogP contribution in [0.15, 0.2) is 83.8 Å². The molecule has 0 fully saturated rings. The first-order chi connectivity index (χ1) is 15.3. The van der Waals surface area contributed by atoms with E-state index in [1.54, 1.807) is 24.3 Å². The van der Waals surface area contributed by atoms with Gasteiger partial charge in [0.1, 0.15) is 0 Å². The highest BCUT2D eigenvalue weighted by molar-refractivity contribution is 7.92. The van der Waals surface area contributed by atoms with Gasteiger partial charge >= 0.3 is 6.03 Å². The van der Waals surface area contributed by atoms with Crippen molar-refractivity contribution in [1.82, 2.24) is 10.6 Å². The van der Waals surface area contributed by atoms with Crippen molar-refractivity contribution in [3.63, 3.8) is 0 Å². The van der Waals surface area contributed by atoms with Gasteiger partial charge in [-0.15, -0.1) is 0 Å². The summed E-state index contributed by atoms with van der Waals surface area (Å²) in [5.41, 5.74) is 2.73. The zero-order chi connectivity index (χ0) is 23.0. The number of nitrogens with one attached hydrogen (secondary N) is 4. The minimum Gasteiger partial charge on any atom is -0.350 e. The number of carbonyl (C=O) groups is 2. The third-order valence-electron chi connectivity index (χ3n) is 4.47. The van der Waals surface area contributed by atoms with Gasteiger partial charge in [0.25, 0.3) is 10.0 Å². The summed E-state index contributed by atoms with van der Waals surface area (Å²) >= 11 is 0. The number of anilines is 2. The van der Waals surface area contributed by atoms with E-state index in [-0.39, 0.29) is 17.3 Å². The molecule has 0 bridgehead atoms. The molecule has 0 heterocycles. The molecule has 0 atom stereocenters. The Morgan fingerprint density at radius 2 is 1.41 bits per heavy atom. The van der Waals surface area contributed by atoms with E-state index in [4.69, 9.17) is 0 Å². The van der Waals surface area contributed by atoms with Crippen molar-refractivity contribution in [1.29, 1.82) is 0 Å². The van der Waals surface area contributed by atoms with Gasteiger partial charge in [0.05, 0.1) is 11.4 Å². The highest BCUT2D eigenvalue weighted by Gasteiger charge is 2.14. The van der Waals surface area contributed by atoms with Crippen LogP contribution in [0.1, 0.15) is 11.1 Å². The largest absolute Gasteiger partial charge is 0.350 e. The smallest absolute Gasteiger partial charge is 0.319 e. The van der Waals surface area contributed by atoms with Crippen molar-refractivity contribution in [2.45, 2.75) is 18.4 Å². The monoisotopic (exact) mass is 452 g/mol. The van der Waals surface area contributed by atoms with Crippen LogP contribution in [-0.2, 0) is 21.4 Å². The molecule has 0 aliphatic carbocycles. The average Bonchev–Trinajstić information content (AvgIpc) is 2.78. The lowest BCUT2D eigenvalue weighted by molar-refractivity contribution is -0.120. The van der Waals surface area contributed by atoms with Crippen LogP contribution in [-0.4, -0.2) is 26.9 Å². The van der Waals surface area contributed by atoms with Crippen molar-refractivity contribution in [2.75, 3.05) is 16.6 Å². The number of rotatable bonds is 8. The molecule has 0 aliphatic heterocycles. The summed E-state index contributed by atoms with van der Waals surface area (Å²) in [4.78, 5) is 24.0. The van der Waals surface area contributed by atoms with Crippen LogP contribution < -0.4 is 20.7 Å². The van der Waals surface area contributed by atoms with Gasteiger partial charge in [0.15, 0.2) is 0 Å². The Morgan fingerprint density at radius 3 is 2.06 bits per heavy atom. The molecule has 3 amide bonds. The number of benzene rings is 3. The standard InChI is InChI=1S/C23H24N4O4S/c1-17-7-13-21(14-8-17)32(30,31)27-20-11-9-19(10-12-20)26-23(29)25-16-22(28)24-15-18-5-3-2-4-6-18/h2-14,27H,15-16H2,1H3,(H,24,28)(H2,25,26,29). The van der Waals surface area contributed by atoms with E-state index in [0.29, 0.717) is 17.9 Å². The number of aryl methyl sites for hydroxylation is 1. The summed E-state index contributed by atoms with van der Waals surface area (Å²) in [6.07, 6.45) is 0. The minimum absolute atomic E-state index is 0.162. The fourth-order valence-corrected chi connectivity index (χ4v) is 3.81. The topological polar surface area (TPSA) is 116 Å². The van der Waals surface area contributed by atoms with Crippen LogP contribution in [0.2, 0.25) is 0 Å². The van der Waals surface area contributed by atoms with Crippen molar-refractivity contribution in [3.05, 3.63) is 90.0 Å². The maximum absolute atomic E-state index is 12.4. The molecule has 32 heavy (non-hydrogen) atoms. The summed E-state index contributed by atoms with van der Waals surface area (Å²) in [6, 6.07) is 21.6. The molecule has 0 aromatic heterocycles. The number of sulfonamides is 1. The molecule has 0 radical (unpaired) electrons. The maximum atomic E-state index is 12.4. The van der Waals surface area contributed by atoms with Gasteiger partial charge in [-0.05, 0) is 48.9 Å². The Bertz CT molecular complexity index is 1160. The molecule has 0 aliphatic rings. The minimum atomic E-state index is -3.70. The fraction of sp³-hybridized carbons (Fsp3) is 0.130. The molecule has 0 unspecified atom stereocenters. The molecule has 0 saturated carbocycles. The Hall–Kier alpha value is -3.85. The number of amides is 3. The van der Waals surface area contributed by atoms with Crippen molar-refractivity contribution in [3.8, 4) is 0 Å². The van der Waals surface area contributed by atoms with Crippen molar-refractivity contribution < 1.29 is 18.0 Å². The second kappa shape index (κ2) is 10.5. The fourth-order valence-electron chi connectivity index (χ4n) is 2.75. The molecule has 3 rings (SSSR count). The van der Waals surface area contributed by atoms with E-state index in [0.717, 1.165) is 11.1 Å². The normalized spacial score (nSPS) is 10.8. The van der Waals surface area contributed by atoms with Crippen LogP contribution >= 0.6 is 0 Å². The summed E-state index contributed by atoms with van der Waals surface area (Å²) in [5.74, 6) is -0.315. The lowest BCUT2D eigenvalue weighted by atomic mass is 10.2. The molecule has 0 spiro atoms. The lowest BCUT2D eigenvalue weighted by Gasteiger charge is -2.11. The first-order valence-corrected chi connectivity index (χ1v) is 11.4. The van der Waals surface area contributed by atoms with Crippen LogP contribution in [0.5, 0.6) is 0 Å². The number of hydrogen-bond acceptors (Lipinski definition) is 4. The van der Waals surface area contributed by atoms with E-state index in [1.807, 2.05) is 37.3 Å². The molecule has 9 heteroatoms. The van der Waals surface area contributed by atoms with Gasteiger partial charge in [-0.25, -0.2) is 13.2 Å². The maximum Gasteiger partial charge on any atom is 0.319 e. The Kier molecular flexibility index (Phi) is 7.45. The van der Waals surface area contributed by atoms with E-state index in [9.17, 15) is 18.0 Å². The van der Waals surface area contributed by atoms with E-state index < -0.39 is 16.1 Å². The Balaban J connectivity index is 1.46. The van der Waals surface area contributed by atoms with Gasteiger partial charge in [-0.1, -0.05) is 48.0 Å². The Labute approximate surface area is 187 Å². The van der Waals surface area contributed by atoms with Crippen LogP contribution in [0.4, 0.5) is 16.2 Å². The quantitative estimate of drug-likeness (QED) is 0.420. The van der Waals surface area contributed by atoms with Crippen LogP contribution in [0, 0.1) is 6.92 Å². The SMILES string of the molecule is Cc1ccc(S(=O)(=O)Nc2ccc(NC(=O)NCC(=O)NCc3ccccc3)cc2)cc1. The van der Waals surface area contributed by atoms with Gasteiger partial charge in [-0.2, -0.15) is 0 Å². The third-order valence-corrected chi connectivity index (χ3v) is 5.87. The molecule has 3 aromatic rings. The van der Waals surface area contributed by atoms with Crippen LogP contribution in [0.25, 0.3) is 0 Å². The predicted molar refractivity (Wildman–Crippen MR) is 124 cm³/mol. The number of urea groups is 1. The zero-order valence-electron chi connectivity index (χ0n) is 17.5. The summed E-state index contributed by atoms with van der Waals surface area (Å²) in [6.45, 7) is 2.08. The first kappa shape index (κ1) is 22.8. The summed E-state index contributed by atoms with van der Waals surface area (Å²) in [7, 11) is -3.70. The van der Waals surface area contributed by atoms with Gasteiger partial charge < -0.3 is 16.0 Å². The Morgan fingerprint density at radius 1 is 0.781 bits per heavy atom. The molecular weight excluding hydrogens is 428 g/mol. The molecule has 3 aromatic carbocycles.